The quantitative estimate of drug-likeness (QED) is 0.461. The standard InChI is InChI=1S/C23H34N4O4/c1-2-18(24-13-14-28)21(29)26-19-10-6-9-17-11-12-20(27(17)23(19)31)22(30)25-15-16-7-4-3-5-8-16/h3-5,7-8,17-20,24,28H,2,6,9-15H2,1H3,(H,25,30)(H,26,29)/t17-,18-,19-,20-/m0/s1. The molecule has 2 aliphatic rings. The fourth-order valence-corrected chi connectivity index (χ4v) is 4.59. The topological polar surface area (TPSA) is 111 Å². The number of nitrogens with zero attached hydrogens (tertiary/aromatic N) is 1. The van der Waals surface area contributed by atoms with E-state index < -0.39 is 18.1 Å². The number of aliphatic hydroxyl groups excluding tert-OH is 1. The van der Waals surface area contributed by atoms with Crippen LogP contribution in [0.5, 0.6) is 0 Å². The molecule has 31 heavy (non-hydrogen) atoms. The molecule has 0 aromatic heterocycles. The fraction of sp³-hybridized carbons (Fsp3) is 0.609. The molecule has 0 radical (unpaired) electrons. The number of fused-ring (bicyclic) bond motifs is 1. The fourth-order valence-electron chi connectivity index (χ4n) is 4.59. The molecular weight excluding hydrogens is 396 g/mol. The van der Waals surface area contributed by atoms with E-state index in [9.17, 15) is 14.4 Å². The van der Waals surface area contributed by atoms with Gasteiger partial charge in [0, 0.05) is 19.1 Å². The average Bonchev–Trinajstić information content (AvgIpc) is 3.15. The molecule has 0 bridgehead atoms. The normalized spacial score (nSPS) is 24.3. The molecule has 170 valence electrons. The second-order valence-electron chi connectivity index (χ2n) is 8.33. The number of nitrogens with one attached hydrogen (secondary N) is 3. The molecule has 2 aliphatic heterocycles. The summed E-state index contributed by atoms with van der Waals surface area (Å²) in [6, 6.07) is 8.18. The van der Waals surface area contributed by atoms with Gasteiger partial charge in [-0.15, -0.1) is 0 Å². The van der Waals surface area contributed by atoms with Gasteiger partial charge in [-0.25, -0.2) is 0 Å². The largest absolute Gasteiger partial charge is 0.395 e. The van der Waals surface area contributed by atoms with E-state index in [1.54, 1.807) is 4.90 Å². The second kappa shape index (κ2) is 11.2. The Morgan fingerprint density at radius 2 is 1.94 bits per heavy atom. The van der Waals surface area contributed by atoms with E-state index in [1.165, 1.54) is 0 Å². The molecule has 2 heterocycles. The lowest BCUT2D eigenvalue weighted by molar-refractivity contribution is -0.143. The first kappa shape index (κ1) is 23.2. The minimum atomic E-state index is -0.620. The lowest BCUT2D eigenvalue weighted by Crippen LogP contribution is -2.56. The third kappa shape index (κ3) is 5.83. The van der Waals surface area contributed by atoms with E-state index in [2.05, 4.69) is 16.0 Å². The second-order valence-corrected chi connectivity index (χ2v) is 8.33. The van der Waals surface area contributed by atoms with Crippen LogP contribution in [0.25, 0.3) is 0 Å². The van der Waals surface area contributed by atoms with Gasteiger partial charge >= 0.3 is 0 Å². The summed E-state index contributed by atoms with van der Waals surface area (Å²) >= 11 is 0. The predicted octanol–water partition coefficient (Wildman–Crippen LogP) is 0.692. The third-order valence-electron chi connectivity index (χ3n) is 6.24. The highest BCUT2D eigenvalue weighted by atomic mass is 16.3. The van der Waals surface area contributed by atoms with E-state index in [0.29, 0.717) is 32.4 Å². The van der Waals surface area contributed by atoms with Crippen molar-refractivity contribution in [2.75, 3.05) is 13.2 Å². The zero-order valence-electron chi connectivity index (χ0n) is 18.2. The molecule has 0 unspecified atom stereocenters. The number of carbonyl (C=O) groups is 3. The van der Waals surface area contributed by atoms with Crippen molar-refractivity contribution < 1.29 is 19.5 Å². The van der Waals surface area contributed by atoms with E-state index in [0.717, 1.165) is 24.8 Å². The Labute approximate surface area is 183 Å². The summed E-state index contributed by atoms with van der Waals surface area (Å²) in [7, 11) is 0. The number of carbonyl (C=O) groups excluding carboxylic acids is 3. The first-order valence-electron chi connectivity index (χ1n) is 11.3. The summed E-state index contributed by atoms with van der Waals surface area (Å²) in [5.41, 5.74) is 1.01. The van der Waals surface area contributed by atoms with Crippen LogP contribution in [-0.2, 0) is 20.9 Å². The highest BCUT2D eigenvalue weighted by Crippen LogP contribution is 2.32. The molecule has 8 nitrogen and oxygen atoms in total. The monoisotopic (exact) mass is 430 g/mol. The number of aliphatic hydroxyl groups is 1. The van der Waals surface area contributed by atoms with Crippen molar-refractivity contribution in [2.24, 2.45) is 0 Å². The first-order chi connectivity index (χ1) is 15.0. The van der Waals surface area contributed by atoms with Crippen molar-refractivity contribution in [2.45, 2.75) is 76.2 Å². The number of amides is 3. The highest BCUT2D eigenvalue weighted by molar-refractivity contribution is 5.93. The van der Waals surface area contributed by atoms with E-state index in [4.69, 9.17) is 5.11 Å². The molecule has 2 saturated heterocycles. The Bertz CT molecular complexity index is 757. The van der Waals surface area contributed by atoms with Gasteiger partial charge in [-0.1, -0.05) is 37.3 Å². The minimum Gasteiger partial charge on any atom is -0.395 e. The minimum absolute atomic E-state index is 0.0522. The van der Waals surface area contributed by atoms with Crippen LogP contribution in [0.2, 0.25) is 0 Å². The van der Waals surface area contributed by atoms with Gasteiger partial charge < -0.3 is 26.0 Å². The molecule has 4 atom stereocenters. The molecule has 3 amide bonds. The molecule has 1 aromatic carbocycles. The molecule has 4 N–H and O–H groups in total. The van der Waals surface area contributed by atoms with Gasteiger partial charge in [-0.2, -0.15) is 0 Å². The van der Waals surface area contributed by atoms with Crippen LogP contribution in [0.4, 0.5) is 0 Å². The maximum atomic E-state index is 13.3. The maximum Gasteiger partial charge on any atom is 0.246 e. The smallest absolute Gasteiger partial charge is 0.246 e. The summed E-state index contributed by atoms with van der Waals surface area (Å²) in [5, 5.41) is 17.9. The van der Waals surface area contributed by atoms with Crippen LogP contribution in [0.3, 0.4) is 0 Å². The number of benzene rings is 1. The Hall–Kier alpha value is -2.45. The van der Waals surface area contributed by atoms with Crippen molar-refractivity contribution in [3.05, 3.63) is 35.9 Å². The van der Waals surface area contributed by atoms with E-state index in [1.807, 2.05) is 37.3 Å². The Kier molecular flexibility index (Phi) is 8.43. The molecular formula is C23H34N4O4. The molecule has 0 aliphatic carbocycles. The zero-order valence-corrected chi connectivity index (χ0v) is 18.2. The number of hydrogen-bond donors (Lipinski definition) is 4. The number of hydrogen-bond acceptors (Lipinski definition) is 5. The lowest BCUT2D eigenvalue weighted by Gasteiger charge is -2.31. The predicted molar refractivity (Wildman–Crippen MR) is 117 cm³/mol. The van der Waals surface area contributed by atoms with Crippen LogP contribution < -0.4 is 16.0 Å². The van der Waals surface area contributed by atoms with E-state index >= 15 is 0 Å². The molecule has 1 aromatic rings. The Morgan fingerprint density at radius 3 is 2.65 bits per heavy atom. The van der Waals surface area contributed by atoms with Crippen LogP contribution in [0.1, 0.15) is 51.0 Å². The van der Waals surface area contributed by atoms with Crippen molar-refractivity contribution in [3.63, 3.8) is 0 Å². The SMILES string of the molecule is CC[C@H](NCCO)C(=O)N[C@H]1CCC[C@H]2CC[C@@H](C(=O)NCc3ccccc3)N2C1=O. The maximum absolute atomic E-state index is 13.3. The average molecular weight is 431 g/mol. The van der Waals surface area contributed by atoms with Crippen molar-refractivity contribution in [1.29, 1.82) is 0 Å². The van der Waals surface area contributed by atoms with E-state index in [-0.39, 0.29) is 30.4 Å². The van der Waals surface area contributed by atoms with Gasteiger partial charge in [0.1, 0.15) is 12.1 Å². The van der Waals surface area contributed by atoms with Crippen LogP contribution in [-0.4, -0.2) is 65.0 Å². The molecule has 3 rings (SSSR count). The first-order valence-corrected chi connectivity index (χ1v) is 11.3. The summed E-state index contributed by atoms with van der Waals surface area (Å²) in [6.45, 7) is 2.58. The highest BCUT2D eigenvalue weighted by Gasteiger charge is 2.44. The van der Waals surface area contributed by atoms with Crippen LogP contribution in [0, 0.1) is 0 Å². The van der Waals surface area contributed by atoms with Crippen LogP contribution in [0.15, 0.2) is 30.3 Å². The zero-order chi connectivity index (χ0) is 22.2. The summed E-state index contributed by atoms with van der Waals surface area (Å²) in [4.78, 5) is 40.6. The van der Waals surface area contributed by atoms with Crippen LogP contribution >= 0.6 is 0 Å². The van der Waals surface area contributed by atoms with Gasteiger partial charge in [0.25, 0.3) is 0 Å². The Morgan fingerprint density at radius 1 is 1.16 bits per heavy atom. The number of rotatable bonds is 9. The van der Waals surface area contributed by atoms with Crippen molar-refractivity contribution >= 4 is 17.7 Å². The van der Waals surface area contributed by atoms with Gasteiger partial charge in [0.2, 0.25) is 17.7 Å². The summed E-state index contributed by atoms with van der Waals surface area (Å²) in [5.74, 6) is -0.537. The van der Waals surface area contributed by atoms with Crippen molar-refractivity contribution in [3.8, 4) is 0 Å². The Balaban J connectivity index is 1.64. The summed E-state index contributed by atoms with van der Waals surface area (Å²) in [6.07, 6.45) is 4.27. The molecule has 2 fully saturated rings. The van der Waals surface area contributed by atoms with Gasteiger partial charge in [0.05, 0.1) is 12.6 Å². The molecule has 8 heteroatoms. The van der Waals surface area contributed by atoms with Crippen molar-refractivity contribution in [1.82, 2.24) is 20.9 Å². The lowest BCUT2D eigenvalue weighted by atomic mass is 10.1. The molecule has 0 spiro atoms. The van der Waals surface area contributed by atoms with Gasteiger partial charge in [-0.3, -0.25) is 14.4 Å². The van der Waals surface area contributed by atoms with Gasteiger partial charge in [0.15, 0.2) is 0 Å². The third-order valence-corrected chi connectivity index (χ3v) is 6.24. The molecule has 0 saturated carbocycles. The van der Waals surface area contributed by atoms with Gasteiger partial charge in [-0.05, 0) is 44.1 Å². The summed E-state index contributed by atoms with van der Waals surface area (Å²) < 4.78 is 0.